The quantitative estimate of drug-likeness (QED) is 0.835. The van der Waals surface area contributed by atoms with Crippen LogP contribution in [0.3, 0.4) is 0 Å². The number of para-hydroxylation sites is 1. The number of amides is 1. The van der Waals surface area contributed by atoms with Crippen molar-refractivity contribution in [3.05, 3.63) is 59.9 Å². The minimum absolute atomic E-state index is 0.311. The third-order valence-electron chi connectivity index (χ3n) is 3.83. The third-order valence-corrected chi connectivity index (χ3v) is 3.83. The van der Waals surface area contributed by atoms with Gasteiger partial charge in [-0.05, 0) is 49.1 Å². The maximum absolute atomic E-state index is 13.2. The zero-order chi connectivity index (χ0) is 16.8. The van der Waals surface area contributed by atoms with Gasteiger partial charge in [-0.25, -0.2) is 4.39 Å². The van der Waals surface area contributed by atoms with E-state index in [1.54, 1.807) is 19.1 Å². The molecule has 0 radical (unpaired) electrons. The second-order valence-corrected chi connectivity index (χ2v) is 5.61. The molecule has 2 unspecified atom stereocenters. The molecule has 2 aromatic rings. The molecule has 0 saturated carbocycles. The monoisotopic (exact) mass is 315 g/mol. The average Bonchev–Trinajstić information content (AvgIpc) is 2.54. The van der Waals surface area contributed by atoms with Crippen molar-refractivity contribution >= 4 is 11.6 Å². The second-order valence-electron chi connectivity index (χ2n) is 5.61. The Morgan fingerprint density at radius 2 is 1.91 bits per heavy atom. The molecule has 2 rings (SSSR count). The van der Waals surface area contributed by atoms with Crippen LogP contribution in [0, 0.1) is 5.82 Å². The Labute approximate surface area is 136 Å². The Morgan fingerprint density at radius 1 is 1.17 bits per heavy atom. The summed E-state index contributed by atoms with van der Waals surface area (Å²) in [5.41, 5.74) is 1.50. The Kier molecular flexibility index (Phi) is 5.74. The van der Waals surface area contributed by atoms with E-state index < -0.39 is 11.9 Å². The summed E-state index contributed by atoms with van der Waals surface area (Å²) in [5.74, 6) is 0.362. The van der Waals surface area contributed by atoms with Crippen molar-refractivity contribution in [2.45, 2.75) is 39.2 Å². The number of hydrogen-bond acceptors (Lipinski definition) is 2. The molecule has 0 saturated heterocycles. The van der Waals surface area contributed by atoms with Crippen molar-refractivity contribution in [3.8, 4) is 5.75 Å². The summed E-state index contributed by atoms with van der Waals surface area (Å²) < 4.78 is 19.0. The number of carbonyl (C=O) groups excluding carboxylic acids is 1. The molecule has 0 aliphatic rings. The molecule has 0 spiro atoms. The molecule has 0 aromatic heterocycles. The number of anilines is 1. The maximum Gasteiger partial charge on any atom is 0.265 e. The van der Waals surface area contributed by atoms with E-state index in [-0.39, 0.29) is 5.91 Å². The molecule has 0 heterocycles. The summed E-state index contributed by atoms with van der Waals surface area (Å²) in [5, 5.41) is 2.66. The molecular formula is C19H22FNO2. The minimum atomic E-state index is -0.677. The Bertz CT molecular complexity index is 672. The zero-order valence-corrected chi connectivity index (χ0v) is 13.7. The van der Waals surface area contributed by atoms with Crippen molar-refractivity contribution in [3.63, 3.8) is 0 Å². The topological polar surface area (TPSA) is 38.3 Å². The van der Waals surface area contributed by atoms with Gasteiger partial charge in [-0.15, -0.1) is 0 Å². The van der Waals surface area contributed by atoms with Crippen molar-refractivity contribution in [1.82, 2.24) is 0 Å². The lowest BCUT2D eigenvalue weighted by Crippen LogP contribution is -2.30. The van der Waals surface area contributed by atoms with E-state index in [2.05, 4.69) is 19.2 Å². The average molecular weight is 315 g/mol. The number of hydrogen-bond donors (Lipinski definition) is 1. The van der Waals surface area contributed by atoms with E-state index in [1.165, 1.54) is 12.1 Å². The van der Waals surface area contributed by atoms with Gasteiger partial charge in [0, 0.05) is 5.69 Å². The van der Waals surface area contributed by atoms with Crippen LogP contribution in [0.1, 0.15) is 38.7 Å². The lowest BCUT2D eigenvalue weighted by Gasteiger charge is -2.19. The van der Waals surface area contributed by atoms with Gasteiger partial charge in [0.1, 0.15) is 11.6 Å². The lowest BCUT2D eigenvalue weighted by atomic mass is 9.98. The summed E-state index contributed by atoms with van der Waals surface area (Å²) in [6.45, 7) is 5.92. The van der Waals surface area contributed by atoms with Crippen LogP contribution in [0.15, 0.2) is 48.5 Å². The number of nitrogens with one attached hydrogen (secondary N) is 1. The zero-order valence-electron chi connectivity index (χ0n) is 13.7. The predicted octanol–water partition coefficient (Wildman–Crippen LogP) is 4.75. The van der Waals surface area contributed by atoms with E-state index >= 15 is 0 Å². The van der Waals surface area contributed by atoms with Crippen molar-refractivity contribution < 1.29 is 13.9 Å². The van der Waals surface area contributed by atoms with Crippen LogP contribution in [0.4, 0.5) is 10.1 Å². The molecule has 4 heteroatoms. The van der Waals surface area contributed by atoms with Gasteiger partial charge in [0.2, 0.25) is 0 Å². The molecule has 2 atom stereocenters. The highest BCUT2D eigenvalue weighted by Gasteiger charge is 2.18. The molecule has 0 aliphatic carbocycles. The van der Waals surface area contributed by atoms with E-state index in [4.69, 9.17) is 4.74 Å². The molecule has 1 amide bonds. The minimum Gasteiger partial charge on any atom is -0.481 e. The normalized spacial score (nSPS) is 13.2. The fourth-order valence-electron chi connectivity index (χ4n) is 2.27. The van der Waals surface area contributed by atoms with E-state index in [1.807, 2.05) is 24.3 Å². The van der Waals surface area contributed by atoms with Gasteiger partial charge in [-0.2, -0.15) is 0 Å². The SMILES string of the molecule is CCC(C)c1ccccc1OC(C)C(=O)Nc1cccc(F)c1. The number of benzene rings is 2. The summed E-state index contributed by atoms with van der Waals surface area (Å²) in [6.07, 6.45) is 0.313. The first kappa shape index (κ1) is 17.0. The molecule has 0 bridgehead atoms. The van der Waals surface area contributed by atoms with Crippen LogP contribution in [0.5, 0.6) is 5.75 Å². The molecule has 23 heavy (non-hydrogen) atoms. The van der Waals surface area contributed by atoms with E-state index in [9.17, 15) is 9.18 Å². The van der Waals surface area contributed by atoms with Gasteiger partial charge in [0.05, 0.1) is 0 Å². The van der Waals surface area contributed by atoms with Crippen LogP contribution in [0.25, 0.3) is 0 Å². The molecule has 0 fully saturated rings. The van der Waals surface area contributed by atoms with E-state index in [0.717, 1.165) is 12.0 Å². The third kappa shape index (κ3) is 4.55. The Hall–Kier alpha value is -2.36. The highest BCUT2D eigenvalue weighted by molar-refractivity contribution is 5.94. The van der Waals surface area contributed by atoms with Crippen LogP contribution < -0.4 is 10.1 Å². The summed E-state index contributed by atoms with van der Waals surface area (Å²) in [4.78, 5) is 12.2. The first-order valence-corrected chi connectivity index (χ1v) is 7.83. The molecular weight excluding hydrogens is 293 g/mol. The van der Waals surface area contributed by atoms with Gasteiger partial charge in [-0.1, -0.05) is 38.1 Å². The molecule has 1 N–H and O–H groups in total. The summed E-state index contributed by atoms with van der Waals surface area (Å²) in [6, 6.07) is 13.5. The van der Waals surface area contributed by atoms with Gasteiger partial charge in [0.15, 0.2) is 6.10 Å². The number of halogens is 1. The van der Waals surface area contributed by atoms with Crippen LogP contribution in [-0.4, -0.2) is 12.0 Å². The first-order valence-electron chi connectivity index (χ1n) is 7.83. The highest BCUT2D eigenvalue weighted by atomic mass is 19.1. The highest BCUT2D eigenvalue weighted by Crippen LogP contribution is 2.29. The fourth-order valence-corrected chi connectivity index (χ4v) is 2.27. The maximum atomic E-state index is 13.2. The summed E-state index contributed by atoms with van der Waals surface area (Å²) in [7, 11) is 0. The van der Waals surface area contributed by atoms with E-state index in [0.29, 0.717) is 17.4 Å². The Morgan fingerprint density at radius 3 is 2.61 bits per heavy atom. The van der Waals surface area contributed by atoms with Crippen molar-refractivity contribution in [2.24, 2.45) is 0 Å². The van der Waals surface area contributed by atoms with Crippen LogP contribution in [-0.2, 0) is 4.79 Å². The van der Waals surface area contributed by atoms with Crippen molar-refractivity contribution in [1.29, 1.82) is 0 Å². The summed E-state index contributed by atoms with van der Waals surface area (Å²) >= 11 is 0. The van der Waals surface area contributed by atoms with Gasteiger partial charge < -0.3 is 10.1 Å². The Balaban J connectivity index is 2.07. The number of ether oxygens (including phenoxy) is 1. The fraction of sp³-hybridized carbons (Fsp3) is 0.316. The molecule has 0 aliphatic heterocycles. The smallest absolute Gasteiger partial charge is 0.265 e. The van der Waals surface area contributed by atoms with Crippen LogP contribution in [0.2, 0.25) is 0 Å². The number of carbonyl (C=O) groups is 1. The second kappa shape index (κ2) is 7.77. The molecule has 3 nitrogen and oxygen atoms in total. The first-order chi connectivity index (χ1) is 11.0. The van der Waals surface area contributed by atoms with Crippen molar-refractivity contribution in [2.75, 3.05) is 5.32 Å². The molecule has 122 valence electrons. The largest absolute Gasteiger partial charge is 0.481 e. The predicted molar refractivity (Wildman–Crippen MR) is 90.3 cm³/mol. The van der Waals surface area contributed by atoms with Crippen LogP contribution >= 0.6 is 0 Å². The van der Waals surface area contributed by atoms with Gasteiger partial charge >= 0.3 is 0 Å². The standard InChI is InChI=1S/C19H22FNO2/c1-4-13(2)17-10-5-6-11-18(17)23-14(3)19(22)21-16-9-7-8-15(20)12-16/h5-14H,4H2,1-3H3,(H,21,22). The van der Waals surface area contributed by atoms with Gasteiger partial charge in [0.25, 0.3) is 5.91 Å². The lowest BCUT2D eigenvalue weighted by molar-refractivity contribution is -0.122. The number of rotatable bonds is 6. The van der Waals surface area contributed by atoms with Gasteiger partial charge in [-0.3, -0.25) is 4.79 Å². The molecule has 2 aromatic carbocycles.